The molecule has 150 valence electrons. The van der Waals surface area contributed by atoms with Crippen LogP contribution in [0, 0.1) is 5.82 Å². The van der Waals surface area contributed by atoms with E-state index in [0.717, 1.165) is 17.5 Å². The second-order valence-corrected chi connectivity index (χ2v) is 6.36. The second-order valence-electron chi connectivity index (χ2n) is 5.65. The van der Waals surface area contributed by atoms with E-state index in [1.165, 1.54) is 6.07 Å². The molecular weight excluding hydrogens is 361 g/mol. The number of benzene rings is 1. The van der Waals surface area contributed by atoms with Gasteiger partial charge in [0, 0.05) is 4.90 Å². The highest BCUT2D eigenvalue weighted by Gasteiger charge is 2.43. The number of hydrogen-bond donors (Lipinski definition) is 1. The molecular formula is C22H32FNO2S. The molecule has 0 aliphatic carbocycles. The summed E-state index contributed by atoms with van der Waals surface area (Å²) in [5, 5.41) is 5.46. The lowest BCUT2D eigenvalue weighted by atomic mass is 9.92. The van der Waals surface area contributed by atoms with Crippen LogP contribution in [0.2, 0.25) is 0 Å². The van der Waals surface area contributed by atoms with Crippen molar-refractivity contribution >= 4 is 23.5 Å². The molecule has 2 N–H and O–H groups in total. The van der Waals surface area contributed by atoms with E-state index in [4.69, 9.17) is 9.88 Å². The molecule has 2 rings (SSSR count). The summed E-state index contributed by atoms with van der Waals surface area (Å²) in [6.07, 6.45) is 5.48. The highest BCUT2D eigenvalue weighted by atomic mass is 32.2. The maximum atomic E-state index is 14.5. The third kappa shape index (κ3) is 5.81. The smallest absolute Gasteiger partial charge is 0.210 e. The third-order valence-corrected chi connectivity index (χ3v) is 4.15. The summed E-state index contributed by atoms with van der Waals surface area (Å²) < 4.78 is 20.3. The van der Waals surface area contributed by atoms with Gasteiger partial charge in [0.15, 0.2) is 5.60 Å². The molecule has 27 heavy (non-hydrogen) atoms. The first-order valence-corrected chi connectivity index (χ1v) is 10.2. The number of ether oxygens (including phenoxy) is 1. The van der Waals surface area contributed by atoms with Crippen molar-refractivity contribution < 1.29 is 13.9 Å². The van der Waals surface area contributed by atoms with Gasteiger partial charge in [0.2, 0.25) is 5.78 Å². The van der Waals surface area contributed by atoms with Gasteiger partial charge in [-0.05, 0) is 63.4 Å². The monoisotopic (exact) mass is 393 g/mol. The summed E-state index contributed by atoms with van der Waals surface area (Å²) >= 11 is 0.968. The SMILES string of the molecule is C/C=C\C(=C/C)C1=C(c2ccc(SN)cc2F)OC(C)(C)C1=O.CC.CC. The fourth-order valence-electron chi connectivity index (χ4n) is 2.47. The molecule has 0 saturated carbocycles. The van der Waals surface area contributed by atoms with Crippen LogP contribution in [0.15, 0.2) is 52.5 Å². The maximum Gasteiger partial charge on any atom is 0.210 e. The molecule has 0 amide bonds. The van der Waals surface area contributed by atoms with E-state index >= 15 is 0 Å². The minimum absolute atomic E-state index is 0.157. The summed E-state index contributed by atoms with van der Waals surface area (Å²) in [6.45, 7) is 15.1. The average molecular weight is 394 g/mol. The van der Waals surface area contributed by atoms with E-state index < -0.39 is 11.4 Å². The Morgan fingerprint density at radius 3 is 2.22 bits per heavy atom. The lowest BCUT2D eigenvalue weighted by molar-refractivity contribution is -0.126. The molecule has 0 saturated heterocycles. The maximum absolute atomic E-state index is 14.5. The number of carbonyl (C=O) groups is 1. The predicted octanol–water partition coefficient (Wildman–Crippen LogP) is 6.46. The van der Waals surface area contributed by atoms with Crippen LogP contribution >= 0.6 is 11.9 Å². The predicted molar refractivity (Wildman–Crippen MR) is 115 cm³/mol. The molecule has 1 aliphatic rings. The Morgan fingerprint density at radius 1 is 1.19 bits per heavy atom. The van der Waals surface area contributed by atoms with Crippen molar-refractivity contribution in [3.63, 3.8) is 0 Å². The van der Waals surface area contributed by atoms with Crippen LogP contribution in [-0.4, -0.2) is 11.4 Å². The normalized spacial score (nSPS) is 15.8. The summed E-state index contributed by atoms with van der Waals surface area (Å²) in [6, 6.07) is 4.64. The zero-order valence-electron chi connectivity index (χ0n) is 17.6. The Morgan fingerprint density at radius 2 is 1.78 bits per heavy atom. The second kappa shape index (κ2) is 11.8. The van der Waals surface area contributed by atoms with Crippen LogP contribution in [0.4, 0.5) is 4.39 Å². The summed E-state index contributed by atoms with van der Waals surface area (Å²) in [5.41, 5.74) is 0.367. The van der Waals surface area contributed by atoms with E-state index in [9.17, 15) is 9.18 Å². The summed E-state index contributed by atoms with van der Waals surface area (Å²) in [5.74, 6) is -0.345. The van der Waals surface area contributed by atoms with Gasteiger partial charge in [-0.2, -0.15) is 0 Å². The van der Waals surface area contributed by atoms with Crippen molar-refractivity contribution in [1.29, 1.82) is 0 Å². The van der Waals surface area contributed by atoms with Crippen LogP contribution in [0.5, 0.6) is 0 Å². The lowest BCUT2D eigenvalue weighted by Crippen LogP contribution is -2.29. The van der Waals surface area contributed by atoms with E-state index in [-0.39, 0.29) is 17.1 Å². The minimum atomic E-state index is -1.02. The lowest BCUT2D eigenvalue weighted by Gasteiger charge is -2.18. The molecule has 0 radical (unpaired) electrons. The Kier molecular flexibility index (Phi) is 11.0. The molecule has 1 aromatic rings. The standard InChI is InChI=1S/C18H20FNO2S.2C2H6/c1-5-7-11(6-2)15-16(22-18(3,4)17(15)21)13-9-8-12(23-20)10-14(13)19;2*1-2/h5-10H,20H2,1-4H3;2*1-2H3/b7-5-,11-6+;;. The van der Waals surface area contributed by atoms with Crippen molar-refractivity contribution in [3.05, 3.63) is 59.0 Å². The summed E-state index contributed by atoms with van der Waals surface area (Å²) in [4.78, 5) is 13.3. The van der Waals surface area contributed by atoms with Crippen LogP contribution in [0.25, 0.3) is 5.76 Å². The Hall–Kier alpha value is -1.85. The van der Waals surface area contributed by atoms with Gasteiger partial charge in [0.05, 0.1) is 11.1 Å². The first kappa shape index (κ1) is 25.1. The first-order chi connectivity index (χ1) is 12.9. The van der Waals surface area contributed by atoms with Gasteiger partial charge < -0.3 is 4.74 Å². The number of rotatable bonds is 4. The van der Waals surface area contributed by atoms with Gasteiger partial charge in [-0.25, -0.2) is 4.39 Å². The van der Waals surface area contributed by atoms with Crippen LogP contribution in [0.3, 0.4) is 0 Å². The number of hydrogen-bond acceptors (Lipinski definition) is 4. The van der Waals surface area contributed by atoms with Gasteiger partial charge >= 0.3 is 0 Å². The molecule has 1 heterocycles. The van der Waals surface area contributed by atoms with Gasteiger partial charge in [-0.3, -0.25) is 9.93 Å². The van der Waals surface area contributed by atoms with Gasteiger partial charge in [-0.1, -0.05) is 45.9 Å². The van der Waals surface area contributed by atoms with Crippen molar-refractivity contribution in [1.82, 2.24) is 0 Å². The van der Waals surface area contributed by atoms with Crippen molar-refractivity contribution in [2.45, 2.75) is 65.9 Å². The molecule has 0 atom stereocenters. The molecule has 1 aliphatic heterocycles. The van der Waals surface area contributed by atoms with Crippen molar-refractivity contribution in [3.8, 4) is 0 Å². The fraction of sp³-hybridized carbons (Fsp3) is 0.409. The van der Waals surface area contributed by atoms with Gasteiger partial charge in [0.1, 0.15) is 11.6 Å². The minimum Gasteiger partial charge on any atom is -0.478 e. The van der Waals surface area contributed by atoms with Crippen LogP contribution < -0.4 is 5.14 Å². The molecule has 0 bridgehead atoms. The van der Waals surface area contributed by atoms with E-state index in [1.807, 2.05) is 59.8 Å². The largest absolute Gasteiger partial charge is 0.478 e. The zero-order valence-corrected chi connectivity index (χ0v) is 18.5. The Balaban J connectivity index is 0.00000158. The Labute approximate surface area is 167 Å². The van der Waals surface area contributed by atoms with Crippen LogP contribution in [-0.2, 0) is 9.53 Å². The van der Waals surface area contributed by atoms with Gasteiger partial charge in [-0.15, -0.1) is 0 Å². The number of nitrogens with two attached hydrogens (primary N) is 1. The molecule has 0 fully saturated rings. The zero-order chi connectivity index (χ0) is 21.2. The topological polar surface area (TPSA) is 52.3 Å². The van der Waals surface area contributed by atoms with E-state index in [0.29, 0.717) is 10.5 Å². The third-order valence-electron chi connectivity index (χ3n) is 3.63. The van der Waals surface area contributed by atoms with E-state index in [1.54, 1.807) is 26.0 Å². The summed E-state index contributed by atoms with van der Waals surface area (Å²) in [7, 11) is 0. The van der Waals surface area contributed by atoms with Crippen molar-refractivity contribution in [2.24, 2.45) is 5.14 Å². The Bertz CT molecular complexity index is 734. The number of allylic oxidation sites excluding steroid dienone is 4. The number of Topliss-reactive ketones (excluding diaryl/α,β-unsaturated/α-hetero) is 1. The molecule has 1 aromatic carbocycles. The number of ketones is 1. The molecule has 3 nitrogen and oxygen atoms in total. The van der Waals surface area contributed by atoms with Crippen molar-refractivity contribution in [2.75, 3.05) is 0 Å². The van der Waals surface area contributed by atoms with E-state index in [2.05, 4.69) is 0 Å². The fourth-order valence-corrected chi connectivity index (χ4v) is 2.78. The van der Waals surface area contributed by atoms with Crippen LogP contribution in [0.1, 0.15) is 61.0 Å². The highest BCUT2D eigenvalue weighted by Crippen LogP contribution is 2.41. The molecule has 5 heteroatoms. The number of halogens is 1. The molecule has 0 unspecified atom stereocenters. The number of carbonyl (C=O) groups excluding carboxylic acids is 1. The quantitative estimate of drug-likeness (QED) is 0.471. The first-order valence-electron chi connectivity index (χ1n) is 9.29. The van der Waals surface area contributed by atoms with Gasteiger partial charge in [0.25, 0.3) is 0 Å². The highest BCUT2D eigenvalue weighted by molar-refractivity contribution is 7.97. The molecule has 0 spiro atoms. The molecule has 0 aromatic heterocycles. The average Bonchev–Trinajstić information content (AvgIpc) is 2.92.